The Hall–Kier alpha value is -1.19. The van der Waals surface area contributed by atoms with Crippen LogP contribution in [-0.4, -0.2) is 11.5 Å². The minimum atomic E-state index is 0.188. The first-order chi connectivity index (χ1) is 10.1. The van der Waals surface area contributed by atoms with Crippen LogP contribution in [0.4, 0.5) is 0 Å². The highest BCUT2D eigenvalue weighted by Crippen LogP contribution is 2.24. The lowest BCUT2D eigenvalue weighted by atomic mass is 9.96. The maximum Gasteiger partial charge on any atom is 0.0592 e. The topological polar surface area (TPSA) is 24.9 Å². The molecular formula is C18H23BrN2. The molecule has 1 aromatic heterocycles. The Labute approximate surface area is 136 Å². The summed E-state index contributed by atoms with van der Waals surface area (Å²) in [6, 6.07) is 11.3. The van der Waals surface area contributed by atoms with Crippen molar-refractivity contribution < 1.29 is 0 Å². The number of aromatic nitrogens is 1. The zero-order chi connectivity index (χ0) is 15.2. The lowest BCUT2D eigenvalue weighted by molar-refractivity contribution is 0.625. The van der Waals surface area contributed by atoms with E-state index in [0.29, 0.717) is 5.92 Å². The molecule has 0 amide bonds. The van der Waals surface area contributed by atoms with E-state index in [-0.39, 0.29) is 6.04 Å². The summed E-state index contributed by atoms with van der Waals surface area (Å²) < 4.78 is 1.01. The molecule has 0 aliphatic rings. The molecule has 0 radical (unpaired) electrons. The Bertz CT molecular complexity index is 564. The number of halogens is 1. The Morgan fingerprint density at radius 2 is 1.81 bits per heavy atom. The zero-order valence-electron chi connectivity index (χ0n) is 12.9. The van der Waals surface area contributed by atoms with Gasteiger partial charge in [0.25, 0.3) is 0 Å². The number of nitrogens with zero attached hydrogens (tertiary/aromatic N) is 1. The highest BCUT2D eigenvalue weighted by molar-refractivity contribution is 9.10. The number of nitrogens with one attached hydrogen (secondary N) is 1. The molecule has 1 N–H and O–H groups in total. The first-order valence-electron chi connectivity index (χ1n) is 7.52. The molecule has 0 aliphatic carbocycles. The van der Waals surface area contributed by atoms with Gasteiger partial charge in [-0.3, -0.25) is 4.98 Å². The van der Waals surface area contributed by atoms with Crippen molar-refractivity contribution in [1.29, 1.82) is 0 Å². The van der Waals surface area contributed by atoms with Gasteiger partial charge in [-0.25, -0.2) is 0 Å². The molecule has 0 saturated carbocycles. The predicted octanol–water partition coefficient (Wildman–Crippen LogP) is 4.74. The van der Waals surface area contributed by atoms with Crippen molar-refractivity contribution in [1.82, 2.24) is 10.3 Å². The van der Waals surface area contributed by atoms with Crippen molar-refractivity contribution in [2.75, 3.05) is 6.54 Å². The number of pyridine rings is 1. The van der Waals surface area contributed by atoms with Gasteiger partial charge in [0.2, 0.25) is 0 Å². The fourth-order valence-electron chi connectivity index (χ4n) is 2.54. The van der Waals surface area contributed by atoms with E-state index >= 15 is 0 Å². The Balaban J connectivity index is 2.26. The predicted molar refractivity (Wildman–Crippen MR) is 92.4 cm³/mol. The van der Waals surface area contributed by atoms with E-state index in [9.17, 15) is 0 Å². The van der Waals surface area contributed by atoms with Gasteiger partial charge in [0.15, 0.2) is 0 Å². The minimum Gasteiger partial charge on any atom is -0.306 e. The third kappa shape index (κ3) is 4.65. The molecular weight excluding hydrogens is 324 g/mol. The molecule has 1 unspecified atom stereocenters. The molecule has 112 valence electrons. The van der Waals surface area contributed by atoms with Crippen LogP contribution in [0.15, 0.2) is 47.2 Å². The standard InChI is InChI=1S/C18H23BrN2/c1-4-21-18(16-10-17(19)12-20-11-16)15-7-5-14(6-8-15)9-13(2)3/h5-8,10-13,18,21H,4,9H2,1-3H3. The van der Waals surface area contributed by atoms with E-state index in [1.807, 2.05) is 12.4 Å². The summed E-state index contributed by atoms with van der Waals surface area (Å²) in [7, 11) is 0. The van der Waals surface area contributed by atoms with Gasteiger partial charge in [0.05, 0.1) is 6.04 Å². The van der Waals surface area contributed by atoms with Crippen molar-refractivity contribution in [2.24, 2.45) is 5.92 Å². The van der Waals surface area contributed by atoms with Crippen molar-refractivity contribution in [3.63, 3.8) is 0 Å². The summed E-state index contributed by atoms with van der Waals surface area (Å²) in [5, 5.41) is 3.54. The Kier molecular flexibility index (Phi) is 5.95. The number of rotatable bonds is 6. The van der Waals surface area contributed by atoms with E-state index in [1.54, 1.807) is 0 Å². The molecule has 3 heteroatoms. The summed E-state index contributed by atoms with van der Waals surface area (Å²) in [4.78, 5) is 4.28. The van der Waals surface area contributed by atoms with Crippen LogP contribution in [0.25, 0.3) is 0 Å². The van der Waals surface area contributed by atoms with Crippen molar-refractivity contribution in [2.45, 2.75) is 33.2 Å². The summed E-state index contributed by atoms with van der Waals surface area (Å²) in [6.07, 6.45) is 4.88. The molecule has 2 aromatic rings. The van der Waals surface area contributed by atoms with Crippen molar-refractivity contribution in [3.05, 3.63) is 63.9 Å². The molecule has 2 nitrogen and oxygen atoms in total. The molecule has 1 aromatic carbocycles. The van der Waals surface area contributed by atoms with Crippen LogP contribution >= 0.6 is 15.9 Å². The average Bonchev–Trinajstić information content (AvgIpc) is 2.45. The third-order valence-corrected chi connectivity index (χ3v) is 3.86. The molecule has 0 bridgehead atoms. The molecule has 0 spiro atoms. The van der Waals surface area contributed by atoms with E-state index in [0.717, 1.165) is 17.4 Å². The van der Waals surface area contributed by atoms with Crippen LogP contribution in [0, 0.1) is 5.92 Å². The summed E-state index contributed by atoms with van der Waals surface area (Å²) in [5.74, 6) is 0.690. The highest BCUT2D eigenvalue weighted by atomic mass is 79.9. The number of benzene rings is 1. The van der Waals surface area contributed by atoms with Gasteiger partial charge in [0, 0.05) is 16.9 Å². The summed E-state index contributed by atoms with van der Waals surface area (Å²) in [6.45, 7) is 7.56. The van der Waals surface area contributed by atoms with Gasteiger partial charge < -0.3 is 5.32 Å². The van der Waals surface area contributed by atoms with Crippen molar-refractivity contribution in [3.8, 4) is 0 Å². The average molecular weight is 347 g/mol. The molecule has 0 saturated heterocycles. The van der Waals surface area contributed by atoms with Crippen LogP contribution in [-0.2, 0) is 6.42 Å². The smallest absolute Gasteiger partial charge is 0.0592 e. The second-order valence-electron chi connectivity index (χ2n) is 5.77. The number of hydrogen-bond acceptors (Lipinski definition) is 2. The lowest BCUT2D eigenvalue weighted by Gasteiger charge is -2.19. The molecule has 1 heterocycles. The normalized spacial score (nSPS) is 12.6. The van der Waals surface area contributed by atoms with E-state index < -0.39 is 0 Å². The van der Waals surface area contributed by atoms with Crippen LogP contribution in [0.3, 0.4) is 0 Å². The maximum atomic E-state index is 4.28. The van der Waals surface area contributed by atoms with E-state index in [4.69, 9.17) is 0 Å². The minimum absolute atomic E-state index is 0.188. The van der Waals surface area contributed by atoms with Gasteiger partial charge in [-0.05, 0) is 57.6 Å². The molecule has 0 aliphatic heterocycles. The van der Waals surface area contributed by atoms with Crippen LogP contribution in [0.1, 0.15) is 43.5 Å². The van der Waals surface area contributed by atoms with Crippen LogP contribution in [0.5, 0.6) is 0 Å². The molecule has 1 atom stereocenters. The zero-order valence-corrected chi connectivity index (χ0v) is 14.5. The van der Waals surface area contributed by atoms with E-state index in [2.05, 4.69) is 77.3 Å². The van der Waals surface area contributed by atoms with E-state index in [1.165, 1.54) is 16.7 Å². The number of hydrogen-bond donors (Lipinski definition) is 1. The first-order valence-corrected chi connectivity index (χ1v) is 8.32. The monoisotopic (exact) mass is 346 g/mol. The van der Waals surface area contributed by atoms with Gasteiger partial charge in [0.1, 0.15) is 0 Å². The van der Waals surface area contributed by atoms with Crippen molar-refractivity contribution >= 4 is 15.9 Å². The molecule has 0 fully saturated rings. The quantitative estimate of drug-likeness (QED) is 0.816. The van der Waals surface area contributed by atoms with Gasteiger partial charge in [-0.2, -0.15) is 0 Å². The SMILES string of the molecule is CCNC(c1ccc(CC(C)C)cc1)c1cncc(Br)c1. The Morgan fingerprint density at radius 3 is 2.38 bits per heavy atom. The fraction of sp³-hybridized carbons (Fsp3) is 0.389. The van der Waals surface area contributed by atoms with Gasteiger partial charge in [-0.1, -0.05) is 45.0 Å². The molecule has 21 heavy (non-hydrogen) atoms. The fourth-order valence-corrected chi connectivity index (χ4v) is 2.92. The van der Waals surface area contributed by atoms with Crippen LogP contribution < -0.4 is 5.32 Å². The van der Waals surface area contributed by atoms with Gasteiger partial charge in [-0.15, -0.1) is 0 Å². The second-order valence-corrected chi connectivity index (χ2v) is 6.68. The lowest BCUT2D eigenvalue weighted by Crippen LogP contribution is -2.22. The second kappa shape index (κ2) is 7.71. The van der Waals surface area contributed by atoms with Crippen LogP contribution in [0.2, 0.25) is 0 Å². The Morgan fingerprint density at radius 1 is 1.10 bits per heavy atom. The maximum absolute atomic E-state index is 4.28. The van der Waals surface area contributed by atoms with Gasteiger partial charge >= 0.3 is 0 Å². The third-order valence-electron chi connectivity index (χ3n) is 3.42. The largest absolute Gasteiger partial charge is 0.306 e. The summed E-state index contributed by atoms with van der Waals surface area (Å²) >= 11 is 3.50. The first kappa shape index (κ1) is 16.2. The summed E-state index contributed by atoms with van der Waals surface area (Å²) in [5.41, 5.74) is 3.86. The highest BCUT2D eigenvalue weighted by Gasteiger charge is 2.13. The molecule has 2 rings (SSSR count).